The topological polar surface area (TPSA) is 65.4 Å². The summed E-state index contributed by atoms with van der Waals surface area (Å²) in [6, 6.07) is 1.93. The lowest BCUT2D eigenvalue weighted by Gasteiger charge is -2.25. The van der Waals surface area contributed by atoms with Gasteiger partial charge in [0.15, 0.2) is 0 Å². The van der Waals surface area contributed by atoms with Crippen LogP contribution in [-0.4, -0.2) is 49.7 Å². The highest BCUT2D eigenvalue weighted by Crippen LogP contribution is 2.11. The number of hydrogen-bond donors (Lipinski definition) is 1. The summed E-state index contributed by atoms with van der Waals surface area (Å²) in [5.74, 6) is -0.0392. The van der Waals surface area contributed by atoms with Crippen LogP contribution in [0.2, 0.25) is 0 Å². The van der Waals surface area contributed by atoms with Crippen molar-refractivity contribution in [3.05, 3.63) is 0 Å². The molecule has 1 amide bonds. The van der Waals surface area contributed by atoms with Gasteiger partial charge < -0.3 is 10.1 Å². The van der Waals surface area contributed by atoms with Crippen molar-refractivity contribution in [2.45, 2.75) is 31.8 Å². The van der Waals surface area contributed by atoms with Gasteiger partial charge in [-0.1, -0.05) is 0 Å². The minimum Gasteiger partial charge on any atom is -0.383 e. The molecule has 90 valence electrons. The van der Waals surface area contributed by atoms with Gasteiger partial charge in [-0.15, -0.1) is 0 Å². The third kappa shape index (κ3) is 3.47. The molecule has 1 N–H and O–H groups in total. The SMILES string of the molecule is COCCN1CCC(C)NC(=O)C1CC#N. The van der Waals surface area contributed by atoms with E-state index >= 15 is 0 Å². The Morgan fingerprint density at radius 1 is 1.69 bits per heavy atom. The number of ether oxygens (including phenoxy) is 1. The van der Waals surface area contributed by atoms with Crippen molar-refractivity contribution in [3.8, 4) is 6.07 Å². The van der Waals surface area contributed by atoms with E-state index < -0.39 is 0 Å². The number of carbonyl (C=O) groups is 1. The summed E-state index contributed by atoms with van der Waals surface area (Å²) in [7, 11) is 1.64. The molecule has 0 aliphatic carbocycles. The maximum absolute atomic E-state index is 11.8. The van der Waals surface area contributed by atoms with Gasteiger partial charge in [-0.3, -0.25) is 9.69 Å². The van der Waals surface area contributed by atoms with Gasteiger partial charge in [-0.05, 0) is 13.3 Å². The van der Waals surface area contributed by atoms with Gasteiger partial charge in [0.2, 0.25) is 5.91 Å². The molecular weight excluding hydrogens is 206 g/mol. The highest BCUT2D eigenvalue weighted by Gasteiger charge is 2.29. The lowest BCUT2D eigenvalue weighted by Crippen LogP contribution is -2.46. The minimum atomic E-state index is -0.329. The van der Waals surface area contributed by atoms with Crippen LogP contribution in [0.1, 0.15) is 19.8 Å². The van der Waals surface area contributed by atoms with E-state index in [0.29, 0.717) is 13.2 Å². The van der Waals surface area contributed by atoms with Gasteiger partial charge in [0.25, 0.3) is 0 Å². The Bertz CT molecular complexity index is 275. The van der Waals surface area contributed by atoms with Gasteiger partial charge in [-0.25, -0.2) is 0 Å². The molecule has 1 aliphatic heterocycles. The van der Waals surface area contributed by atoms with Crippen molar-refractivity contribution < 1.29 is 9.53 Å². The van der Waals surface area contributed by atoms with Crippen molar-refractivity contribution in [3.63, 3.8) is 0 Å². The molecule has 0 spiro atoms. The number of amides is 1. The molecule has 1 saturated heterocycles. The van der Waals surface area contributed by atoms with Gasteiger partial charge in [0.05, 0.1) is 19.1 Å². The molecule has 0 aromatic heterocycles. The predicted molar refractivity (Wildman–Crippen MR) is 59.7 cm³/mol. The fourth-order valence-corrected chi connectivity index (χ4v) is 1.88. The summed E-state index contributed by atoms with van der Waals surface area (Å²) in [4.78, 5) is 13.9. The lowest BCUT2D eigenvalue weighted by atomic mass is 10.2. The first-order valence-electron chi connectivity index (χ1n) is 5.59. The zero-order valence-corrected chi connectivity index (χ0v) is 9.90. The van der Waals surface area contributed by atoms with Crippen molar-refractivity contribution in [1.82, 2.24) is 10.2 Å². The lowest BCUT2D eigenvalue weighted by molar-refractivity contribution is -0.126. The van der Waals surface area contributed by atoms with E-state index in [1.807, 2.05) is 11.8 Å². The summed E-state index contributed by atoms with van der Waals surface area (Å²) in [5.41, 5.74) is 0. The fourth-order valence-electron chi connectivity index (χ4n) is 1.88. The number of methoxy groups -OCH3 is 1. The largest absolute Gasteiger partial charge is 0.383 e. The van der Waals surface area contributed by atoms with Crippen LogP contribution in [0, 0.1) is 11.3 Å². The molecule has 5 heteroatoms. The number of rotatable bonds is 4. The quantitative estimate of drug-likeness (QED) is 0.738. The van der Waals surface area contributed by atoms with Crippen LogP contribution >= 0.6 is 0 Å². The van der Waals surface area contributed by atoms with Crippen LogP contribution < -0.4 is 5.32 Å². The molecule has 0 aromatic carbocycles. The van der Waals surface area contributed by atoms with Crippen LogP contribution in [0.15, 0.2) is 0 Å². The minimum absolute atomic E-state index is 0.0392. The van der Waals surface area contributed by atoms with Gasteiger partial charge in [0.1, 0.15) is 6.04 Å². The van der Waals surface area contributed by atoms with Crippen molar-refractivity contribution in [2.24, 2.45) is 0 Å². The third-order valence-electron chi connectivity index (χ3n) is 2.85. The zero-order chi connectivity index (χ0) is 12.0. The molecule has 0 saturated carbocycles. The van der Waals surface area contributed by atoms with E-state index in [-0.39, 0.29) is 24.4 Å². The first-order valence-corrected chi connectivity index (χ1v) is 5.59. The Hall–Kier alpha value is -1.12. The molecule has 0 bridgehead atoms. The Labute approximate surface area is 96.4 Å². The Morgan fingerprint density at radius 3 is 3.06 bits per heavy atom. The molecule has 1 aliphatic rings. The van der Waals surface area contributed by atoms with Crippen LogP contribution in [0.3, 0.4) is 0 Å². The van der Waals surface area contributed by atoms with Crippen molar-refractivity contribution >= 4 is 5.91 Å². The van der Waals surface area contributed by atoms with Crippen LogP contribution in [0.4, 0.5) is 0 Å². The normalized spacial score (nSPS) is 26.9. The predicted octanol–water partition coefficient (Wildman–Crippen LogP) is 0.125. The van der Waals surface area contributed by atoms with Crippen LogP contribution in [0.25, 0.3) is 0 Å². The average molecular weight is 225 g/mol. The molecule has 1 fully saturated rings. The Balaban J connectivity index is 2.67. The number of nitriles is 1. The molecule has 0 radical (unpaired) electrons. The van der Waals surface area contributed by atoms with Crippen LogP contribution in [-0.2, 0) is 9.53 Å². The summed E-state index contributed by atoms with van der Waals surface area (Å²) in [5, 5.41) is 11.7. The van der Waals surface area contributed by atoms with Crippen LogP contribution in [0.5, 0.6) is 0 Å². The number of carbonyl (C=O) groups excluding carboxylic acids is 1. The highest BCUT2D eigenvalue weighted by molar-refractivity contribution is 5.82. The highest BCUT2D eigenvalue weighted by atomic mass is 16.5. The maximum Gasteiger partial charge on any atom is 0.238 e. The number of nitrogens with one attached hydrogen (secondary N) is 1. The van der Waals surface area contributed by atoms with Crippen molar-refractivity contribution in [1.29, 1.82) is 5.26 Å². The van der Waals surface area contributed by atoms with E-state index in [0.717, 1.165) is 13.0 Å². The Morgan fingerprint density at radius 2 is 2.44 bits per heavy atom. The van der Waals surface area contributed by atoms with Gasteiger partial charge in [0, 0.05) is 26.2 Å². The maximum atomic E-state index is 11.8. The summed E-state index contributed by atoms with van der Waals surface area (Å²) < 4.78 is 5.02. The van der Waals surface area contributed by atoms with E-state index in [4.69, 9.17) is 10.00 Å². The van der Waals surface area contributed by atoms with E-state index in [1.54, 1.807) is 7.11 Å². The smallest absolute Gasteiger partial charge is 0.238 e. The fraction of sp³-hybridized carbons (Fsp3) is 0.818. The number of nitrogens with zero attached hydrogens (tertiary/aromatic N) is 2. The van der Waals surface area contributed by atoms with Gasteiger partial charge in [-0.2, -0.15) is 5.26 Å². The third-order valence-corrected chi connectivity index (χ3v) is 2.85. The average Bonchev–Trinajstić information content (AvgIpc) is 2.38. The van der Waals surface area contributed by atoms with Gasteiger partial charge >= 0.3 is 0 Å². The molecule has 16 heavy (non-hydrogen) atoms. The molecule has 1 heterocycles. The first kappa shape index (κ1) is 12.9. The molecule has 5 nitrogen and oxygen atoms in total. The summed E-state index contributed by atoms with van der Waals surface area (Å²) >= 11 is 0. The molecular formula is C11H19N3O2. The second-order valence-electron chi connectivity index (χ2n) is 4.11. The van der Waals surface area contributed by atoms with E-state index in [1.165, 1.54) is 0 Å². The zero-order valence-electron chi connectivity index (χ0n) is 9.90. The van der Waals surface area contributed by atoms with E-state index in [2.05, 4.69) is 11.4 Å². The monoisotopic (exact) mass is 225 g/mol. The second kappa shape index (κ2) is 6.46. The molecule has 0 aromatic rings. The Kier molecular flexibility index (Phi) is 5.23. The summed E-state index contributed by atoms with van der Waals surface area (Å²) in [6.45, 7) is 4.10. The molecule has 1 rings (SSSR count). The molecule has 2 atom stereocenters. The number of hydrogen-bond acceptors (Lipinski definition) is 4. The van der Waals surface area contributed by atoms with E-state index in [9.17, 15) is 4.79 Å². The second-order valence-corrected chi connectivity index (χ2v) is 4.11. The molecule has 2 unspecified atom stereocenters. The first-order chi connectivity index (χ1) is 7.69. The standard InChI is InChI=1S/C11H19N3O2/c1-9-4-6-14(7-8-16-2)10(3-5-12)11(15)13-9/h9-10H,3-4,6-8H2,1-2H3,(H,13,15). The summed E-state index contributed by atoms with van der Waals surface area (Å²) in [6.07, 6.45) is 1.15. The van der Waals surface area contributed by atoms with Crippen molar-refractivity contribution in [2.75, 3.05) is 26.8 Å².